The van der Waals surface area contributed by atoms with Crippen LogP contribution >= 0.6 is 0 Å². The number of rotatable bonds is 1. The van der Waals surface area contributed by atoms with Gasteiger partial charge in [-0.05, 0) is 67.7 Å². The molecule has 1 radical (unpaired) electrons. The van der Waals surface area contributed by atoms with E-state index < -0.39 is 0 Å². The first-order chi connectivity index (χ1) is 11.9. The molecular weight excluding hydrogens is 288 g/mol. The van der Waals surface area contributed by atoms with Crippen LogP contribution in [0.4, 0.5) is 0 Å². The van der Waals surface area contributed by atoms with Crippen LogP contribution in [0.5, 0.6) is 0 Å². The summed E-state index contributed by atoms with van der Waals surface area (Å²) in [6.45, 7) is 0. The largest absolute Gasteiger partial charge is 0.0616 e. The molecule has 0 heteroatoms. The lowest BCUT2D eigenvalue weighted by molar-refractivity contribution is 1.67. The van der Waals surface area contributed by atoms with E-state index in [1.807, 2.05) is 0 Å². The minimum Gasteiger partial charge on any atom is -0.0616 e. The first-order valence-electron chi connectivity index (χ1n) is 8.21. The van der Waals surface area contributed by atoms with Crippen molar-refractivity contribution in [2.75, 3.05) is 0 Å². The molecule has 0 amide bonds. The molecule has 0 aliphatic carbocycles. The second kappa shape index (κ2) is 5.21. The second-order valence-electron chi connectivity index (χ2n) is 6.20. The van der Waals surface area contributed by atoms with Gasteiger partial charge in [-0.3, -0.25) is 0 Å². The summed E-state index contributed by atoms with van der Waals surface area (Å²) in [5, 5.41) is 7.58. The number of benzene rings is 5. The molecule has 0 unspecified atom stereocenters. The fraction of sp³-hybridized carbons (Fsp3) is 0. The van der Waals surface area contributed by atoms with Gasteiger partial charge in [-0.15, -0.1) is 0 Å². The molecule has 0 aromatic heterocycles. The molecule has 0 N–H and O–H groups in total. The zero-order chi connectivity index (χ0) is 15.9. The van der Waals surface area contributed by atoms with Crippen LogP contribution < -0.4 is 0 Å². The minimum absolute atomic E-state index is 1.16. The molecule has 0 saturated heterocycles. The molecule has 0 aliphatic heterocycles. The summed E-state index contributed by atoms with van der Waals surface area (Å²) >= 11 is 0. The Balaban J connectivity index is 1.72. The molecule has 0 heterocycles. The fourth-order valence-corrected chi connectivity index (χ4v) is 3.48. The molecule has 24 heavy (non-hydrogen) atoms. The molecule has 0 saturated carbocycles. The Morgan fingerprint density at radius 1 is 0.500 bits per heavy atom. The average Bonchev–Trinajstić information content (AvgIpc) is 2.67. The van der Waals surface area contributed by atoms with Gasteiger partial charge in [0.2, 0.25) is 0 Å². The van der Waals surface area contributed by atoms with Gasteiger partial charge in [0, 0.05) is 0 Å². The Morgan fingerprint density at radius 3 is 2.17 bits per heavy atom. The molecule has 111 valence electrons. The highest BCUT2D eigenvalue weighted by molar-refractivity contribution is 6.08. The Bertz CT molecular complexity index is 1200. The molecule has 0 fully saturated rings. The molecule has 0 spiro atoms. The third kappa shape index (κ3) is 2.08. The van der Waals surface area contributed by atoms with Crippen molar-refractivity contribution >= 4 is 32.3 Å². The highest BCUT2D eigenvalue weighted by Gasteiger charge is 2.04. The van der Waals surface area contributed by atoms with E-state index in [-0.39, 0.29) is 0 Å². The Kier molecular flexibility index (Phi) is 2.89. The predicted octanol–water partition coefficient (Wildman–Crippen LogP) is 6.61. The van der Waals surface area contributed by atoms with E-state index in [2.05, 4.69) is 97.1 Å². The van der Waals surface area contributed by atoms with E-state index in [0.29, 0.717) is 0 Å². The van der Waals surface area contributed by atoms with E-state index in [1.54, 1.807) is 0 Å². The maximum Gasteiger partial charge on any atom is -0.00928 e. The SMILES string of the molecule is [c]1cc(-c2ccc3c(ccc4ccccc43)c2)cc2ccccc12. The van der Waals surface area contributed by atoms with Gasteiger partial charge in [0.1, 0.15) is 0 Å². The normalized spacial score (nSPS) is 11.3. The highest BCUT2D eigenvalue weighted by atomic mass is 14.1. The average molecular weight is 303 g/mol. The number of hydrogen-bond donors (Lipinski definition) is 0. The van der Waals surface area contributed by atoms with Crippen molar-refractivity contribution in [2.24, 2.45) is 0 Å². The van der Waals surface area contributed by atoms with E-state index in [9.17, 15) is 0 Å². The van der Waals surface area contributed by atoms with Gasteiger partial charge in [0.25, 0.3) is 0 Å². The Hall–Kier alpha value is -3.12. The summed E-state index contributed by atoms with van der Waals surface area (Å²) in [7, 11) is 0. The predicted molar refractivity (Wildman–Crippen MR) is 103 cm³/mol. The minimum atomic E-state index is 1.16. The van der Waals surface area contributed by atoms with Crippen LogP contribution in [-0.4, -0.2) is 0 Å². The topological polar surface area (TPSA) is 0 Å². The van der Waals surface area contributed by atoms with E-state index in [0.717, 1.165) is 5.39 Å². The van der Waals surface area contributed by atoms with Crippen LogP contribution in [0.3, 0.4) is 0 Å². The lowest BCUT2D eigenvalue weighted by atomic mass is 9.96. The molecule has 5 aromatic rings. The van der Waals surface area contributed by atoms with E-state index in [1.165, 1.54) is 38.1 Å². The third-order valence-corrected chi connectivity index (χ3v) is 4.73. The van der Waals surface area contributed by atoms with Crippen molar-refractivity contribution in [1.29, 1.82) is 0 Å². The third-order valence-electron chi connectivity index (χ3n) is 4.73. The summed E-state index contributed by atoms with van der Waals surface area (Å²) in [4.78, 5) is 0. The van der Waals surface area contributed by atoms with Gasteiger partial charge in [-0.2, -0.15) is 0 Å². The highest BCUT2D eigenvalue weighted by Crippen LogP contribution is 2.30. The molecule has 5 rings (SSSR count). The van der Waals surface area contributed by atoms with Crippen LogP contribution in [0.1, 0.15) is 0 Å². The van der Waals surface area contributed by atoms with Gasteiger partial charge in [-0.1, -0.05) is 72.8 Å². The summed E-state index contributed by atoms with van der Waals surface area (Å²) in [6, 6.07) is 35.8. The van der Waals surface area contributed by atoms with Crippen molar-refractivity contribution in [1.82, 2.24) is 0 Å². The molecular formula is C24H15. The van der Waals surface area contributed by atoms with Crippen molar-refractivity contribution in [2.45, 2.75) is 0 Å². The van der Waals surface area contributed by atoms with Gasteiger partial charge in [-0.25, -0.2) is 0 Å². The number of fused-ring (bicyclic) bond motifs is 4. The summed E-state index contributed by atoms with van der Waals surface area (Å²) < 4.78 is 0. The van der Waals surface area contributed by atoms with Crippen LogP contribution in [0.2, 0.25) is 0 Å². The van der Waals surface area contributed by atoms with Crippen LogP contribution in [0.25, 0.3) is 43.4 Å². The fourth-order valence-electron chi connectivity index (χ4n) is 3.48. The van der Waals surface area contributed by atoms with Crippen molar-refractivity contribution < 1.29 is 0 Å². The molecule has 0 nitrogen and oxygen atoms in total. The zero-order valence-corrected chi connectivity index (χ0v) is 13.2. The summed E-state index contributed by atoms with van der Waals surface area (Å²) in [5.41, 5.74) is 2.45. The number of hydrogen-bond acceptors (Lipinski definition) is 0. The van der Waals surface area contributed by atoms with Crippen LogP contribution in [-0.2, 0) is 0 Å². The maximum atomic E-state index is 3.40. The standard InChI is InChI=1S/C24H15/c1-2-7-19-15-20(11-9-17(19)5-1)21-13-14-24-22(16-21)12-10-18-6-3-4-8-23(18)24/h1-8,10-16H. The zero-order valence-electron chi connectivity index (χ0n) is 13.2. The van der Waals surface area contributed by atoms with Crippen molar-refractivity contribution in [3.05, 3.63) is 97.1 Å². The summed E-state index contributed by atoms with van der Waals surface area (Å²) in [5.74, 6) is 0. The maximum absolute atomic E-state index is 3.40. The van der Waals surface area contributed by atoms with E-state index in [4.69, 9.17) is 0 Å². The second-order valence-corrected chi connectivity index (χ2v) is 6.20. The summed E-state index contributed by atoms with van der Waals surface area (Å²) in [6.07, 6.45) is 0. The van der Waals surface area contributed by atoms with E-state index >= 15 is 0 Å². The van der Waals surface area contributed by atoms with Gasteiger partial charge in [0.05, 0.1) is 0 Å². The molecule has 0 atom stereocenters. The molecule has 0 aliphatic rings. The van der Waals surface area contributed by atoms with Gasteiger partial charge in [0.15, 0.2) is 0 Å². The molecule has 5 aromatic carbocycles. The quantitative estimate of drug-likeness (QED) is 0.305. The monoisotopic (exact) mass is 303 g/mol. The van der Waals surface area contributed by atoms with Crippen molar-refractivity contribution in [3.63, 3.8) is 0 Å². The Morgan fingerprint density at radius 2 is 1.21 bits per heavy atom. The Labute approximate surface area is 141 Å². The molecule has 0 bridgehead atoms. The lowest BCUT2D eigenvalue weighted by Gasteiger charge is -2.08. The lowest BCUT2D eigenvalue weighted by Crippen LogP contribution is -1.82. The first-order valence-corrected chi connectivity index (χ1v) is 8.21. The van der Waals surface area contributed by atoms with Crippen LogP contribution in [0.15, 0.2) is 91.0 Å². The van der Waals surface area contributed by atoms with Gasteiger partial charge < -0.3 is 0 Å². The van der Waals surface area contributed by atoms with Gasteiger partial charge >= 0.3 is 0 Å². The van der Waals surface area contributed by atoms with Crippen molar-refractivity contribution in [3.8, 4) is 11.1 Å². The van der Waals surface area contributed by atoms with Crippen LogP contribution in [0, 0.1) is 6.07 Å². The first kappa shape index (κ1) is 13.3. The smallest absolute Gasteiger partial charge is 0.00928 e.